The summed E-state index contributed by atoms with van der Waals surface area (Å²) < 4.78 is 10.8. The molecule has 0 aliphatic heterocycles. The molecule has 66 valence electrons. The topological polar surface area (TPSA) is 18.5 Å². The van der Waals surface area contributed by atoms with Crippen LogP contribution in [0.2, 0.25) is 0 Å². The molecule has 0 saturated carbocycles. The minimum atomic E-state index is 0.197. The normalized spacial score (nSPS) is 10.2. The molecule has 0 bridgehead atoms. The molecule has 1 rings (SSSR count). The highest BCUT2D eigenvalue weighted by Crippen LogP contribution is 2.26. The fraction of sp³-hybridized carbons (Fsp3) is 0.333. The molecule has 0 atom stereocenters. The van der Waals surface area contributed by atoms with Gasteiger partial charge in [0.2, 0.25) is 10.5 Å². The van der Waals surface area contributed by atoms with Crippen LogP contribution in [0, 0.1) is 0 Å². The number of benzene rings is 1. The van der Waals surface area contributed by atoms with Gasteiger partial charge in [-0.2, -0.15) is 0 Å². The van der Waals surface area contributed by atoms with E-state index in [-0.39, 0.29) is 6.10 Å². The van der Waals surface area contributed by atoms with Crippen LogP contribution in [-0.4, -0.2) is 16.6 Å². The molecule has 1 aromatic rings. The molecule has 0 aliphatic rings. The van der Waals surface area contributed by atoms with Crippen molar-refractivity contribution < 1.29 is 9.16 Å². The summed E-state index contributed by atoms with van der Waals surface area (Å²) in [7, 11) is 0.696. The predicted molar refractivity (Wildman–Crippen MR) is 52.8 cm³/mol. The Kier molecular flexibility index (Phi) is 3.16. The average Bonchev–Trinajstić information content (AvgIpc) is 2.04. The Morgan fingerprint density at radius 3 is 2.25 bits per heavy atom. The smallest absolute Gasteiger partial charge is 0.204 e. The molecule has 0 N–H and O–H groups in total. The maximum atomic E-state index is 5.53. The van der Waals surface area contributed by atoms with E-state index in [4.69, 9.17) is 9.16 Å². The number of hydrogen-bond donors (Lipinski definition) is 0. The third-order valence-corrected chi connectivity index (χ3v) is 1.87. The molecule has 1 aromatic carbocycles. The third-order valence-electron chi connectivity index (χ3n) is 1.43. The lowest BCUT2D eigenvalue weighted by molar-refractivity contribution is 0.236. The second-order valence-corrected chi connectivity index (χ2v) is 3.23. The van der Waals surface area contributed by atoms with Crippen LogP contribution < -0.4 is 9.16 Å². The first-order valence-corrected chi connectivity index (χ1v) is 4.85. The summed E-state index contributed by atoms with van der Waals surface area (Å²) in [6.07, 6.45) is 0.197. The van der Waals surface area contributed by atoms with Crippen LogP contribution in [0.1, 0.15) is 13.8 Å². The maximum Gasteiger partial charge on any atom is 0.204 e. The maximum absolute atomic E-state index is 5.53. The van der Waals surface area contributed by atoms with E-state index in [2.05, 4.69) is 0 Å². The van der Waals surface area contributed by atoms with Gasteiger partial charge in [-0.05, 0) is 26.0 Å². The van der Waals surface area contributed by atoms with E-state index in [1.54, 1.807) is 0 Å². The van der Waals surface area contributed by atoms with Gasteiger partial charge in [-0.1, -0.05) is 12.1 Å². The van der Waals surface area contributed by atoms with Crippen LogP contribution in [-0.2, 0) is 0 Å². The average molecular weight is 182 g/mol. The van der Waals surface area contributed by atoms with Gasteiger partial charge < -0.3 is 9.16 Å². The molecule has 2 nitrogen and oxygen atoms in total. The molecule has 0 amide bonds. The highest BCUT2D eigenvalue weighted by molar-refractivity contribution is 6.00. The standard InChI is InChI=1S/C9H14O2Si/c1-7(2)10-8-5-3-4-6-9(8)11-12/h3-7H,1-2,12H3. The number of ether oxygens (including phenoxy) is 1. The van der Waals surface area contributed by atoms with E-state index < -0.39 is 0 Å². The largest absolute Gasteiger partial charge is 0.551 e. The SMILES string of the molecule is CC(C)Oc1ccccc1O[SiH3]. The van der Waals surface area contributed by atoms with E-state index in [1.807, 2.05) is 38.1 Å². The van der Waals surface area contributed by atoms with E-state index in [9.17, 15) is 0 Å². The summed E-state index contributed by atoms with van der Waals surface area (Å²) in [6, 6.07) is 7.74. The van der Waals surface area contributed by atoms with Gasteiger partial charge in [0.25, 0.3) is 0 Å². The summed E-state index contributed by atoms with van der Waals surface area (Å²) in [4.78, 5) is 0. The minimum Gasteiger partial charge on any atom is -0.551 e. The van der Waals surface area contributed by atoms with Crippen LogP contribution in [0.5, 0.6) is 11.5 Å². The van der Waals surface area contributed by atoms with Gasteiger partial charge in [-0.15, -0.1) is 0 Å². The Bertz CT molecular complexity index is 248. The molecule has 12 heavy (non-hydrogen) atoms. The monoisotopic (exact) mass is 182 g/mol. The second-order valence-electron chi connectivity index (χ2n) is 2.82. The van der Waals surface area contributed by atoms with Crippen LogP contribution >= 0.6 is 0 Å². The fourth-order valence-electron chi connectivity index (χ4n) is 0.970. The van der Waals surface area contributed by atoms with Gasteiger partial charge in [0.1, 0.15) is 5.75 Å². The zero-order valence-corrected chi connectivity index (χ0v) is 9.70. The molecule has 0 fully saturated rings. The molecule has 0 heterocycles. The van der Waals surface area contributed by atoms with Crippen LogP contribution in [0.4, 0.5) is 0 Å². The van der Waals surface area contributed by atoms with E-state index in [1.165, 1.54) is 0 Å². The highest BCUT2D eigenvalue weighted by Gasteiger charge is 2.02. The van der Waals surface area contributed by atoms with Crippen molar-refractivity contribution in [2.75, 3.05) is 0 Å². The van der Waals surface area contributed by atoms with Gasteiger partial charge >= 0.3 is 0 Å². The summed E-state index contributed by atoms with van der Waals surface area (Å²) in [5.74, 6) is 1.68. The lowest BCUT2D eigenvalue weighted by Gasteiger charge is -2.12. The van der Waals surface area contributed by atoms with Crippen molar-refractivity contribution in [2.45, 2.75) is 20.0 Å². The summed E-state index contributed by atoms with van der Waals surface area (Å²) >= 11 is 0. The van der Waals surface area contributed by atoms with Crippen LogP contribution in [0.15, 0.2) is 24.3 Å². The molecule has 0 radical (unpaired) electrons. The second kappa shape index (κ2) is 4.16. The summed E-state index contributed by atoms with van der Waals surface area (Å²) in [5, 5.41) is 0. The fourth-order valence-corrected chi connectivity index (χ4v) is 1.31. The molecular formula is C9H14O2Si. The van der Waals surface area contributed by atoms with Crippen LogP contribution in [0.3, 0.4) is 0 Å². The van der Waals surface area contributed by atoms with Crippen molar-refractivity contribution in [3.05, 3.63) is 24.3 Å². The molecule has 0 unspecified atom stereocenters. The Morgan fingerprint density at radius 1 is 1.17 bits per heavy atom. The molecule has 0 spiro atoms. The molecular weight excluding hydrogens is 168 g/mol. The van der Waals surface area contributed by atoms with Gasteiger partial charge in [-0.25, -0.2) is 0 Å². The first-order valence-electron chi connectivity index (χ1n) is 4.03. The highest BCUT2D eigenvalue weighted by atomic mass is 28.2. The van der Waals surface area contributed by atoms with E-state index in [0.717, 1.165) is 11.5 Å². The van der Waals surface area contributed by atoms with Crippen molar-refractivity contribution in [1.29, 1.82) is 0 Å². The van der Waals surface area contributed by atoms with Crippen molar-refractivity contribution >= 4 is 10.5 Å². The van der Waals surface area contributed by atoms with Crippen molar-refractivity contribution in [1.82, 2.24) is 0 Å². The predicted octanol–water partition coefficient (Wildman–Crippen LogP) is 1.13. The van der Waals surface area contributed by atoms with Gasteiger partial charge in [-0.3, -0.25) is 0 Å². The first-order chi connectivity index (χ1) is 5.74. The Hall–Kier alpha value is -0.963. The van der Waals surface area contributed by atoms with Crippen molar-refractivity contribution in [3.8, 4) is 11.5 Å². The Labute approximate surface area is 76.0 Å². The molecule has 0 aromatic heterocycles. The lowest BCUT2D eigenvalue weighted by Crippen LogP contribution is -2.06. The van der Waals surface area contributed by atoms with Gasteiger partial charge in [0.15, 0.2) is 5.75 Å². The minimum absolute atomic E-state index is 0.197. The lowest BCUT2D eigenvalue weighted by atomic mass is 10.3. The molecule has 3 heteroatoms. The van der Waals surface area contributed by atoms with Crippen LogP contribution in [0.25, 0.3) is 0 Å². The van der Waals surface area contributed by atoms with Crippen molar-refractivity contribution in [3.63, 3.8) is 0 Å². The Balaban J connectivity index is 2.82. The Morgan fingerprint density at radius 2 is 1.75 bits per heavy atom. The summed E-state index contributed by atoms with van der Waals surface area (Å²) in [6.45, 7) is 4.01. The van der Waals surface area contributed by atoms with Gasteiger partial charge in [0, 0.05) is 0 Å². The van der Waals surface area contributed by atoms with E-state index in [0.29, 0.717) is 10.5 Å². The number of para-hydroxylation sites is 2. The summed E-state index contributed by atoms with van der Waals surface area (Å²) in [5.41, 5.74) is 0. The molecule has 0 aliphatic carbocycles. The first kappa shape index (κ1) is 9.13. The zero-order chi connectivity index (χ0) is 8.97. The number of rotatable bonds is 3. The van der Waals surface area contributed by atoms with Gasteiger partial charge in [0.05, 0.1) is 6.10 Å². The number of hydrogen-bond acceptors (Lipinski definition) is 2. The quantitative estimate of drug-likeness (QED) is 0.652. The zero-order valence-electron chi connectivity index (χ0n) is 7.70. The van der Waals surface area contributed by atoms with E-state index >= 15 is 0 Å². The molecule has 0 saturated heterocycles. The third kappa shape index (κ3) is 2.27. The van der Waals surface area contributed by atoms with Crippen molar-refractivity contribution in [2.24, 2.45) is 0 Å².